The van der Waals surface area contributed by atoms with Crippen LogP contribution in [-0.4, -0.2) is 35.6 Å². The van der Waals surface area contributed by atoms with Crippen LogP contribution in [0.1, 0.15) is 16.7 Å². The average molecular weight is 681 g/mol. The van der Waals surface area contributed by atoms with Gasteiger partial charge in [0.15, 0.2) is 11.5 Å². The van der Waals surface area contributed by atoms with Crippen molar-refractivity contribution in [1.29, 1.82) is 0 Å². The van der Waals surface area contributed by atoms with E-state index >= 15 is 0 Å². The molecule has 4 rings (SSSR count). The molecule has 0 spiro atoms. The minimum Gasteiger partial charge on any atom is -0.493 e. The number of hydrogen-bond acceptors (Lipinski definition) is 6. The summed E-state index contributed by atoms with van der Waals surface area (Å²) in [6, 6.07) is 16.3. The Labute approximate surface area is 245 Å². The summed E-state index contributed by atoms with van der Waals surface area (Å²) in [6.07, 6.45) is 1.58. The quantitative estimate of drug-likeness (QED) is 0.249. The molecule has 11 heteroatoms. The van der Waals surface area contributed by atoms with Gasteiger partial charge in [0.2, 0.25) is 5.91 Å². The smallest absolute Gasteiger partial charge is 0.294 e. The van der Waals surface area contributed by atoms with Crippen molar-refractivity contribution in [2.75, 3.05) is 19.0 Å². The van der Waals surface area contributed by atoms with E-state index in [1.807, 2.05) is 31.2 Å². The second-order valence-corrected chi connectivity index (χ2v) is 11.4. The highest BCUT2D eigenvalue weighted by molar-refractivity contribution is 9.10. The molecule has 3 aromatic carbocycles. The highest BCUT2D eigenvalue weighted by Gasteiger charge is 2.36. The third-order valence-corrected chi connectivity index (χ3v) is 7.91. The summed E-state index contributed by atoms with van der Waals surface area (Å²) in [7, 11) is 1.52. The van der Waals surface area contributed by atoms with Gasteiger partial charge in [0, 0.05) is 15.2 Å². The van der Waals surface area contributed by atoms with E-state index in [2.05, 4.69) is 37.2 Å². The van der Waals surface area contributed by atoms with Crippen LogP contribution < -0.4 is 14.8 Å². The van der Waals surface area contributed by atoms with E-state index in [0.717, 1.165) is 32.3 Å². The summed E-state index contributed by atoms with van der Waals surface area (Å²) in [6.45, 7) is 1.76. The molecule has 1 saturated heterocycles. The molecule has 3 amide bonds. The number of thioether (sulfide) groups is 1. The van der Waals surface area contributed by atoms with Crippen LogP contribution in [0.5, 0.6) is 11.5 Å². The lowest BCUT2D eigenvalue weighted by atomic mass is 10.1. The van der Waals surface area contributed by atoms with Crippen LogP contribution >= 0.6 is 55.2 Å². The number of aryl methyl sites for hydroxylation is 1. The third-order valence-electron chi connectivity index (χ3n) is 5.48. The highest BCUT2D eigenvalue weighted by Crippen LogP contribution is 2.39. The van der Waals surface area contributed by atoms with Gasteiger partial charge >= 0.3 is 0 Å². The van der Waals surface area contributed by atoms with Crippen molar-refractivity contribution in [3.05, 3.63) is 90.2 Å². The molecule has 1 fully saturated rings. The first-order valence-electron chi connectivity index (χ1n) is 11.2. The van der Waals surface area contributed by atoms with Crippen LogP contribution in [0.15, 0.2) is 68.4 Å². The van der Waals surface area contributed by atoms with E-state index in [-0.39, 0.29) is 4.91 Å². The summed E-state index contributed by atoms with van der Waals surface area (Å²) in [5, 5.41) is 2.63. The molecule has 0 radical (unpaired) electrons. The molecule has 0 aliphatic carbocycles. The number of methoxy groups -OCH3 is 1. The van der Waals surface area contributed by atoms with E-state index < -0.39 is 23.6 Å². The molecular formula is C27H21Br2ClN2O5S. The number of halogens is 3. The lowest BCUT2D eigenvalue weighted by molar-refractivity contribution is -0.127. The maximum atomic E-state index is 12.9. The number of imide groups is 1. The Morgan fingerprint density at radius 2 is 1.84 bits per heavy atom. The number of ether oxygens (including phenoxy) is 2. The van der Waals surface area contributed by atoms with Crippen LogP contribution in [0, 0.1) is 6.92 Å². The molecule has 0 unspecified atom stereocenters. The first-order valence-corrected chi connectivity index (χ1v) is 14.0. The average Bonchev–Trinajstić information content (AvgIpc) is 3.13. The van der Waals surface area contributed by atoms with Crippen molar-refractivity contribution in [3.8, 4) is 11.5 Å². The van der Waals surface area contributed by atoms with Crippen LogP contribution in [-0.2, 0) is 16.2 Å². The summed E-state index contributed by atoms with van der Waals surface area (Å²) in [5.74, 6) is -0.0976. The zero-order valence-electron chi connectivity index (χ0n) is 20.2. The molecule has 38 heavy (non-hydrogen) atoms. The number of anilines is 1. The number of amides is 3. The zero-order valence-corrected chi connectivity index (χ0v) is 25.0. The molecule has 0 bridgehead atoms. The fraction of sp³-hybridized carbons (Fsp3) is 0.148. The molecule has 3 aromatic rings. The molecule has 0 aromatic heterocycles. The number of nitrogens with one attached hydrogen (secondary N) is 1. The van der Waals surface area contributed by atoms with Gasteiger partial charge in [-0.2, -0.15) is 0 Å². The van der Waals surface area contributed by atoms with E-state index in [1.54, 1.807) is 36.4 Å². The second-order valence-electron chi connectivity index (χ2n) is 8.23. The third kappa shape index (κ3) is 6.79. The van der Waals surface area contributed by atoms with Crippen LogP contribution in [0.2, 0.25) is 5.02 Å². The van der Waals surface area contributed by atoms with E-state index in [9.17, 15) is 14.4 Å². The summed E-state index contributed by atoms with van der Waals surface area (Å²) < 4.78 is 13.1. The Morgan fingerprint density at radius 1 is 1.11 bits per heavy atom. The zero-order chi connectivity index (χ0) is 27.4. The van der Waals surface area contributed by atoms with Crippen molar-refractivity contribution in [2.45, 2.75) is 13.5 Å². The first-order chi connectivity index (χ1) is 18.1. The topological polar surface area (TPSA) is 84.9 Å². The van der Waals surface area contributed by atoms with E-state index in [0.29, 0.717) is 38.9 Å². The Balaban J connectivity index is 1.46. The minimum absolute atomic E-state index is 0.193. The fourth-order valence-corrected chi connectivity index (χ4v) is 5.36. The number of carbonyl (C=O) groups excluding carboxylic acids is 3. The molecular weight excluding hydrogens is 660 g/mol. The van der Waals surface area contributed by atoms with Gasteiger partial charge in [-0.25, -0.2) is 0 Å². The summed E-state index contributed by atoms with van der Waals surface area (Å²) in [5.41, 5.74) is 2.95. The SMILES string of the molecule is COc1cc(/C=C2/SC(=O)N(CC(=O)Nc3ccc(C)c(Cl)c3)C2=O)cc(Br)c1OCc1ccc(Br)cc1. The van der Waals surface area contributed by atoms with Gasteiger partial charge in [-0.05, 0) is 93.8 Å². The van der Waals surface area contributed by atoms with Crippen molar-refractivity contribution >= 4 is 84.0 Å². The van der Waals surface area contributed by atoms with Gasteiger partial charge in [-0.1, -0.05) is 45.7 Å². The van der Waals surface area contributed by atoms with Crippen LogP contribution in [0.3, 0.4) is 0 Å². The number of nitrogens with zero attached hydrogens (tertiary/aromatic N) is 1. The van der Waals surface area contributed by atoms with Gasteiger partial charge in [-0.3, -0.25) is 19.3 Å². The van der Waals surface area contributed by atoms with Crippen LogP contribution in [0.25, 0.3) is 6.08 Å². The fourth-order valence-electron chi connectivity index (χ4n) is 3.50. The summed E-state index contributed by atoms with van der Waals surface area (Å²) in [4.78, 5) is 39.1. The monoisotopic (exact) mass is 678 g/mol. The molecule has 7 nitrogen and oxygen atoms in total. The predicted molar refractivity (Wildman–Crippen MR) is 157 cm³/mol. The van der Waals surface area contributed by atoms with Crippen molar-refractivity contribution < 1.29 is 23.9 Å². The Hall–Kier alpha value is -2.79. The number of hydrogen-bond donors (Lipinski definition) is 1. The predicted octanol–water partition coefficient (Wildman–Crippen LogP) is 7.44. The molecule has 1 N–H and O–H groups in total. The molecule has 1 aliphatic heterocycles. The van der Waals surface area contributed by atoms with Gasteiger partial charge in [0.05, 0.1) is 16.5 Å². The largest absolute Gasteiger partial charge is 0.493 e. The molecule has 0 atom stereocenters. The lowest BCUT2D eigenvalue weighted by Crippen LogP contribution is -2.36. The molecule has 1 aliphatic rings. The number of carbonyl (C=O) groups is 3. The van der Waals surface area contributed by atoms with E-state index in [1.165, 1.54) is 7.11 Å². The summed E-state index contributed by atoms with van der Waals surface area (Å²) >= 11 is 13.8. The Bertz CT molecular complexity index is 1450. The van der Waals surface area contributed by atoms with Crippen molar-refractivity contribution in [2.24, 2.45) is 0 Å². The Morgan fingerprint density at radius 3 is 2.53 bits per heavy atom. The standard InChI is InChI=1S/C27H21Br2ClN2O5S/c1-15-3-8-19(12-21(15)30)31-24(33)13-32-26(34)23(38-27(32)35)11-17-9-20(29)25(22(10-17)36-2)37-14-16-4-6-18(28)7-5-16/h3-12H,13-14H2,1-2H3,(H,31,33)/b23-11+. The second kappa shape index (κ2) is 12.4. The first kappa shape index (κ1) is 28.2. The number of benzene rings is 3. The molecule has 196 valence electrons. The molecule has 0 saturated carbocycles. The molecule has 1 heterocycles. The van der Waals surface area contributed by atoms with Crippen molar-refractivity contribution in [3.63, 3.8) is 0 Å². The lowest BCUT2D eigenvalue weighted by Gasteiger charge is -2.14. The normalized spacial score (nSPS) is 14.2. The number of rotatable bonds is 8. The highest BCUT2D eigenvalue weighted by atomic mass is 79.9. The maximum Gasteiger partial charge on any atom is 0.294 e. The van der Waals surface area contributed by atoms with Gasteiger partial charge < -0.3 is 14.8 Å². The minimum atomic E-state index is -0.553. The van der Waals surface area contributed by atoms with Gasteiger partial charge in [0.25, 0.3) is 11.1 Å². The van der Waals surface area contributed by atoms with Gasteiger partial charge in [-0.15, -0.1) is 0 Å². The Kier molecular flexibility index (Phi) is 9.19. The maximum absolute atomic E-state index is 12.9. The van der Waals surface area contributed by atoms with Crippen molar-refractivity contribution in [1.82, 2.24) is 4.90 Å². The van der Waals surface area contributed by atoms with Gasteiger partial charge in [0.1, 0.15) is 13.2 Å². The van der Waals surface area contributed by atoms with E-state index in [4.69, 9.17) is 21.1 Å². The van der Waals surface area contributed by atoms with Crippen LogP contribution in [0.4, 0.5) is 10.5 Å².